The molecule has 3 nitrogen and oxygen atoms in total. The summed E-state index contributed by atoms with van der Waals surface area (Å²) in [5.41, 5.74) is 7.13. The number of halogens is 1. The van der Waals surface area contributed by atoms with Gasteiger partial charge >= 0.3 is 0 Å². The van der Waals surface area contributed by atoms with Crippen LogP contribution >= 0.6 is 22.9 Å². The number of rotatable bonds is 5. The normalized spacial score (nSPS) is 11.4. The average Bonchev–Trinajstić information content (AvgIpc) is 3.56. The Morgan fingerprint density at radius 3 is 1.69 bits per heavy atom. The quantitative estimate of drug-likeness (QED) is 0.186. The SMILES string of the molecule is Clc1c(-c2nc(-c3ccc(-c4ccccc4)cc3)nc(-c3cccc(-c4ccccc4)c3)n2)ccc2c1sc1c3ccccc3ccc21. The molecule has 0 atom stereocenters. The summed E-state index contributed by atoms with van der Waals surface area (Å²) in [5, 5.41) is 5.44. The molecule has 0 spiro atoms. The van der Waals surface area contributed by atoms with Gasteiger partial charge in [-0.05, 0) is 45.2 Å². The number of hydrogen-bond donors (Lipinski definition) is 0. The summed E-state index contributed by atoms with van der Waals surface area (Å²) in [6.45, 7) is 0. The molecule has 9 aromatic rings. The molecule has 0 saturated heterocycles. The molecule has 226 valence electrons. The largest absolute Gasteiger partial charge is 0.208 e. The Morgan fingerprint density at radius 2 is 0.917 bits per heavy atom. The van der Waals surface area contributed by atoms with Gasteiger partial charge in [0.1, 0.15) is 0 Å². The third-order valence-corrected chi connectivity index (χ3v) is 10.6. The Hall–Kier alpha value is -5.68. The molecule has 9 rings (SSSR count). The van der Waals surface area contributed by atoms with Crippen molar-refractivity contribution in [1.29, 1.82) is 0 Å². The zero-order chi connectivity index (χ0) is 32.0. The minimum atomic E-state index is 0.543. The van der Waals surface area contributed by atoms with Crippen molar-refractivity contribution < 1.29 is 0 Å². The zero-order valence-electron chi connectivity index (χ0n) is 25.6. The number of benzene rings is 7. The summed E-state index contributed by atoms with van der Waals surface area (Å²) in [7, 11) is 0. The minimum Gasteiger partial charge on any atom is -0.208 e. The fourth-order valence-electron chi connectivity index (χ4n) is 6.37. The second kappa shape index (κ2) is 11.8. The summed E-state index contributed by atoms with van der Waals surface area (Å²) in [6.07, 6.45) is 0. The van der Waals surface area contributed by atoms with Gasteiger partial charge in [-0.1, -0.05) is 157 Å². The first-order valence-corrected chi connectivity index (χ1v) is 17.0. The third kappa shape index (κ3) is 5.03. The molecule has 0 fully saturated rings. The molecule has 0 aliphatic heterocycles. The van der Waals surface area contributed by atoms with Crippen LogP contribution in [0.5, 0.6) is 0 Å². The van der Waals surface area contributed by atoms with Crippen molar-refractivity contribution in [2.45, 2.75) is 0 Å². The molecule has 0 aliphatic rings. The number of thiophene rings is 1. The highest BCUT2D eigenvalue weighted by Gasteiger charge is 2.19. The molecule has 5 heteroatoms. The van der Waals surface area contributed by atoms with E-state index in [1.807, 2.05) is 18.2 Å². The molecule has 0 aliphatic carbocycles. The Kier molecular flexibility index (Phi) is 7.04. The molecule has 0 unspecified atom stereocenters. The van der Waals surface area contributed by atoms with Crippen molar-refractivity contribution in [1.82, 2.24) is 15.0 Å². The Balaban J connectivity index is 1.22. The van der Waals surface area contributed by atoms with Crippen LogP contribution in [0.25, 0.3) is 87.4 Å². The van der Waals surface area contributed by atoms with Crippen molar-refractivity contribution in [3.8, 4) is 56.4 Å². The van der Waals surface area contributed by atoms with Crippen molar-refractivity contribution in [2.24, 2.45) is 0 Å². The van der Waals surface area contributed by atoms with Crippen LogP contribution in [0.4, 0.5) is 0 Å². The van der Waals surface area contributed by atoms with E-state index in [1.54, 1.807) is 11.3 Å². The maximum Gasteiger partial charge on any atom is 0.165 e. The predicted octanol–water partition coefficient (Wildman–Crippen LogP) is 12.4. The first kappa shape index (κ1) is 28.5. The van der Waals surface area contributed by atoms with Crippen molar-refractivity contribution in [3.63, 3.8) is 0 Å². The Labute approximate surface area is 286 Å². The molecular formula is C43H26ClN3S. The zero-order valence-corrected chi connectivity index (χ0v) is 27.2. The number of fused-ring (bicyclic) bond motifs is 5. The van der Waals surface area contributed by atoms with E-state index in [0.29, 0.717) is 22.5 Å². The van der Waals surface area contributed by atoms with Crippen molar-refractivity contribution in [3.05, 3.63) is 163 Å². The molecule has 0 bridgehead atoms. The van der Waals surface area contributed by atoms with E-state index in [4.69, 9.17) is 26.6 Å². The molecule has 0 amide bonds. The van der Waals surface area contributed by atoms with Gasteiger partial charge in [0.15, 0.2) is 17.5 Å². The van der Waals surface area contributed by atoms with E-state index < -0.39 is 0 Å². The van der Waals surface area contributed by atoms with Crippen LogP contribution in [-0.4, -0.2) is 15.0 Å². The molecule has 0 N–H and O–H groups in total. The predicted molar refractivity (Wildman–Crippen MR) is 202 cm³/mol. The third-order valence-electron chi connectivity index (χ3n) is 8.83. The smallest absolute Gasteiger partial charge is 0.165 e. The highest BCUT2D eigenvalue weighted by molar-refractivity contribution is 7.27. The van der Waals surface area contributed by atoms with Crippen LogP contribution in [0.1, 0.15) is 0 Å². The maximum absolute atomic E-state index is 7.30. The van der Waals surface area contributed by atoms with Crippen LogP contribution in [0.2, 0.25) is 5.02 Å². The average molecular weight is 652 g/mol. The Morgan fingerprint density at radius 1 is 0.375 bits per heavy atom. The van der Waals surface area contributed by atoms with E-state index in [2.05, 4.69) is 140 Å². The lowest BCUT2D eigenvalue weighted by atomic mass is 10.0. The Bertz CT molecular complexity index is 2610. The first-order chi connectivity index (χ1) is 23.7. The van der Waals surface area contributed by atoms with Gasteiger partial charge in [-0.15, -0.1) is 11.3 Å². The summed E-state index contributed by atoms with van der Waals surface area (Å²) in [4.78, 5) is 15.2. The topological polar surface area (TPSA) is 38.7 Å². The van der Waals surface area contributed by atoms with E-state index in [-0.39, 0.29) is 0 Å². The second-order valence-corrected chi connectivity index (χ2v) is 13.2. The fourth-order valence-corrected chi connectivity index (χ4v) is 8.01. The lowest BCUT2D eigenvalue weighted by molar-refractivity contribution is 1.07. The van der Waals surface area contributed by atoms with Crippen LogP contribution in [0, 0.1) is 0 Å². The highest BCUT2D eigenvalue weighted by Crippen LogP contribution is 2.44. The molecule has 0 saturated carbocycles. The minimum absolute atomic E-state index is 0.543. The van der Waals surface area contributed by atoms with Gasteiger partial charge in [-0.2, -0.15) is 0 Å². The van der Waals surface area contributed by atoms with Crippen LogP contribution in [0.15, 0.2) is 158 Å². The van der Waals surface area contributed by atoms with Crippen molar-refractivity contribution in [2.75, 3.05) is 0 Å². The molecule has 2 aromatic heterocycles. The van der Waals surface area contributed by atoms with Gasteiger partial charge in [0.2, 0.25) is 0 Å². The van der Waals surface area contributed by atoms with E-state index in [1.165, 1.54) is 20.9 Å². The summed E-state index contributed by atoms with van der Waals surface area (Å²) >= 11 is 9.02. The lowest BCUT2D eigenvalue weighted by Crippen LogP contribution is -2.00. The van der Waals surface area contributed by atoms with Crippen LogP contribution in [-0.2, 0) is 0 Å². The number of hydrogen-bond acceptors (Lipinski definition) is 4. The van der Waals surface area contributed by atoms with Gasteiger partial charge < -0.3 is 0 Å². The molecule has 48 heavy (non-hydrogen) atoms. The summed E-state index contributed by atoms with van der Waals surface area (Å²) < 4.78 is 2.26. The molecule has 0 radical (unpaired) electrons. The lowest BCUT2D eigenvalue weighted by Gasteiger charge is -2.11. The molecule has 7 aromatic carbocycles. The number of aromatic nitrogens is 3. The first-order valence-electron chi connectivity index (χ1n) is 15.8. The van der Waals surface area contributed by atoms with Gasteiger partial charge in [0, 0.05) is 32.2 Å². The standard InChI is InChI=1S/C43H26ClN3S/c44-38-37(25-24-36-35-23-22-30-14-7-8-17-34(30)39(35)48-40(36)38)43-46-41(31-20-18-29(19-21-31)27-10-3-1-4-11-27)45-42(47-43)33-16-9-15-32(26-33)28-12-5-2-6-13-28/h1-26H. The van der Waals surface area contributed by atoms with E-state index in [0.717, 1.165) is 49.0 Å². The van der Waals surface area contributed by atoms with Gasteiger partial charge in [0.25, 0.3) is 0 Å². The second-order valence-electron chi connectivity index (χ2n) is 11.8. The van der Waals surface area contributed by atoms with E-state index in [9.17, 15) is 0 Å². The fraction of sp³-hybridized carbons (Fsp3) is 0. The summed E-state index contributed by atoms with van der Waals surface area (Å²) in [6, 6.07) is 54.5. The molecule has 2 heterocycles. The van der Waals surface area contributed by atoms with Crippen molar-refractivity contribution >= 4 is 53.9 Å². The van der Waals surface area contributed by atoms with Crippen LogP contribution in [0.3, 0.4) is 0 Å². The molecular weight excluding hydrogens is 626 g/mol. The summed E-state index contributed by atoms with van der Waals surface area (Å²) in [5.74, 6) is 1.73. The van der Waals surface area contributed by atoms with Gasteiger partial charge in [-0.25, -0.2) is 15.0 Å². The maximum atomic E-state index is 7.30. The van der Waals surface area contributed by atoms with Gasteiger partial charge in [0.05, 0.1) is 9.72 Å². The van der Waals surface area contributed by atoms with Crippen LogP contribution < -0.4 is 0 Å². The van der Waals surface area contributed by atoms with Gasteiger partial charge in [-0.3, -0.25) is 0 Å². The highest BCUT2D eigenvalue weighted by atomic mass is 35.5. The number of nitrogens with zero attached hydrogens (tertiary/aromatic N) is 3. The monoisotopic (exact) mass is 651 g/mol. The van der Waals surface area contributed by atoms with E-state index >= 15 is 0 Å².